The fraction of sp³-hybridized carbons (Fsp3) is 0.176. The lowest BCUT2D eigenvalue weighted by Crippen LogP contribution is -2.28. The van der Waals surface area contributed by atoms with Crippen LogP contribution in [0.5, 0.6) is 11.5 Å². The predicted molar refractivity (Wildman–Crippen MR) is 92.7 cm³/mol. The van der Waals surface area contributed by atoms with Gasteiger partial charge in [-0.1, -0.05) is 17.7 Å². The van der Waals surface area contributed by atoms with E-state index < -0.39 is 0 Å². The molecule has 0 saturated heterocycles. The van der Waals surface area contributed by atoms with Crippen LogP contribution in [0.4, 0.5) is 0 Å². The summed E-state index contributed by atoms with van der Waals surface area (Å²) < 4.78 is 10.6. The number of rotatable bonds is 5. The molecule has 4 rings (SSSR count). The number of fused-ring (bicyclic) bond motifs is 1. The van der Waals surface area contributed by atoms with E-state index in [1.165, 1.54) is 4.80 Å². The van der Waals surface area contributed by atoms with Crippen LogP contribution in [0.2, 0.25) is 5.02 Å². The molecule has 8 nitrogen and oxygen atoms in total. The number of nitrogens with one attached hydrogen (secondary N) is 1. The van der Waals surface area contributed by atoms with E-state index in [0.29, 0.717) is 28.9 Å². The third kappa shape index (κ3) is 3.60. The summed E-state index contributed by atoms with van der Waals surface area (Å²) in [5.41, 5.74) is 1.69. The molecular weight excluding hydrogens is 358 g/mol. The van der Waals surface area contributed by atoms with Crippen molar-refractivity contribution in [3.05, 3.63) is 53.1 Å². The first kappa shape index (κ1) is 16.3. The Kier molecular flexibility index (Phi) is 4.40. The number of carbonyl (C=O) groups excluding carboxylic acids is 1. The van der Waals surface area contributed by atoms with E-state index in [2.05, 4.69) is 20.7 Å². The monoisotopic (exact) mass is 371 g/mol. The van der Waals surface area contributed by atoms with E-state index in [9.17, 15) is 4.79 Å². The Morgan fingerprint density at radius 2 is 1.96 bits per heavy atom. The average molecular weight is 372 g/mol. The molecule has 2 aromatic carbocycles. The highest BCUT2D eigenvalue weighted by Gasteiger charge is 2.14. The van der Waals surface area contributed by atoms with Crippen molar-refractivity contribution in [2.24, 2.45) is 0 Å². The minimum atomic E-state index is -0.220. The van der Waals surface area contributed by atoms with Crippen LogP contribution in [0.15, 0.2) is 42.5 Å². The Balaban J connectivity index is 1.34. The molecule has 26 heavy (non-hydrogen) atoms. The van der Waals surface area contributed by atoms with Gasteiger partial charge in [0.25, 0.3) is 0 Å². The maximum atomic E-state index is 12.1. The third-order valence-electron chi connectivity index (χ3n) is 3.77. The maximum absolute atomic E-state index is 12.1. The summed E-state index contributed by atoms with van der Waals surface area (Å²) in [7, 11) is 0. The van der Waals surface area contributed by atoms with Crippen molar-refractivity contribution in [3.8, 4) is 22.9 Å². The van der Waals surface area contributed by atoms with Crippen LogP contribution in [-0.4, -0.2) is 32.9 Å². The second kappa shape index (κ2) is 7.01. The molecule has 9 heteroatoms. The highest BCUT2D eigenvalue weighted by atomic mass is 35.5. The second-order valence-electron chi connectivity index (χ2n) is 5.61. The van der Waals surface area contributed by atoms with E-state index in [1.807, 2.05) is 18.2 Å². The molecule has 0 spiro atoms. The van der Waals surface area contributed by atoms with Gasteiger partial charge in [-0.25, -0.2) is 0 Å². The van der Waals surface area contributed by atoms with Gasteiger partial charge in [-0.2, -0.15) is 4.80 Å². The van der Waals surface area contributed by atoms with Crippen molar-refractivity contribution in [3.63, 3.8) is 0 Å². The molecule has 0 radical (unpaired) electrons. The maximum Gasteiger partial charge on any atom is 0.243 e. The number of hydrogen-bond acceptors (Lipinski definition) is 6. The van der Waals surface area contributed by atoms with Crippen molar-refractivity contribution in [2.45, 2.75) is 13.1 Å². The molecule has 1 amide bonds. The molecule has 0 saturated carbocycles. The van der Waals surface area contributed by atoms with E-state index in [0.717, 1.165) is 11.1 Å². The molecule has 1 N–H and O–H groups in total. The quantitative estimate of drug-likeness (QED) is 0.738. The molecule has 0 atom stereocenters. The standard InChI is InChI=1S/C17H14ClN5O3/c18-13-4-2-12(3-5-13)17-20-22-23(21-17)9-16(24)19-8-11-1-6-14-15(7-11)26-10-25-14/h1-7H,8-10H2,(H,19,24). The largest absolute Gasteiger partial charge is 0.454 e. The van der Waals surface area contributed by atoms with Gasteiger partial charge < -0.3 is 14.8 Å². The third-order valence-corrected chi connectivity index (χ3v) is 4.02. The van der Waals surface area contributed by atoms with Crippen molar-refractivity contribution in [1.29, 1.82) is 0 Å². The molecule has 0 bridgehead atoms. The van der Waals surface area contributed by atoms with Gasteiger partial charge in [0.1, 0.15) is 6.54 Å². The van der Waals surface area contributed by atoms with Crippen LogP contribution in [0.25, 0.3) is 11.4 Å². The lowest BCUT2D eigenvalue weighted by Gasteiger charge is -2.05. The van der Waals surface area contributed by atoms with Gasteiger partial charge in [0.2, 0.25) is 18.5 Å². The van der Waals surface area contributed by atoms with Crippen LogP contribution in [0.1, 0.15) is 5.56 Å². The first-order valence-corrected chi connectivity index (χ1v) is 8.24. The summed E-state index contributed by atoms with van der Waals surface area (Å²) in [5.74, 6) is 1.61. The fourth-order valence-electron chi connectivity index (χ4n) is 2.46. The zero-order chi connectivity index (χ0) is 17.9. The van der Waals surface area contributed by atoms with Crippen LogP contribution in [-0.2, 0) is 17.9 Å². The Morgan fingerprint density at radius 3 is 2.81 bits per heavy atom. The van der Waals surface area contributed by atoms with Gasteiger partial charge in [-0.05, 0) is 47.2 Å². The minimum absolute atomic E-state index is 0.0227. The van der Waals surface area contributed by atoms with Crippen molar-refractivity contribution in [1.82, 2.24) is 25.5 Å². The molecule has 0 unspecified atom stereocenters. The van der Waals surface area contributed by atoms with Gasteiger partial charge in [0, 0.05) is 17.1 Å². The van der Waals surface area contributed by atoms with E-state index in [4.69, 9.17) is 21.1 Å². The Hall–Kier alpha value is -3.13. The Bertz CT molecular complexity index is 942. The van der Waals surface area contributed by atoms with Crippen molar-refractivity contribution < 1.29 is 14.3 Å². The van der Waals surface area contributed by atoms with E-state index in [-0.39, 0.29) is 19.2 Å². The molecule has 2 heterocycles. The number of carbonyl (C=O) groups is 1. The first-order valence-electron chi connectivity index (χ1n) is 7.86. The number of hydrogen-bond donors (Lipinski definition) is 1. The fourth-order valence-corrected chi connectivity index (χ4v) is 2.59. The molecule has 0 aliphatic carbocycles. The van der Waals surface area contributed by atoms with Gasteiger partial charge in [-0.3, -0.25) is 4.79 Å². The molecule has 1 aliphatic heterocycles. The normalized spacial score (nSPS) is 12.2. The topological polar surface area (TPSA) is 91.2 Å². The lowest BCUT2D eigenvalue weighted by atomic mass is 10.2. The summed E-state index contributed by atoms with van der Waals surface area (Å²) in [6.45, 7) is 0.568. The number of amides is 1. The van der Waals surface area contributed by atoms with Crippen LogP contribution >= 0.6 is 11.6 Å². The summed E-state index contributed by atoms with van der Waals surface area (Å²) in [4.78, 5) is 13.3. The smallest absolute Gasteiger partial charge is 0.243 e. The second-order valence-corrected chi connectivity index (χ2v) is 6.05. The zero-order valence-electron chi connectivity index (χ0n) is 13.6. The van der Waals surface area contributed by atoms with Gasteiger partial charge in [0.05, 0.1) is 0 Å². The summed E-state index contributed by atoms with van der Waals surface area (Å²) >= 11 is 5.86. The number of ether oxygens (including phenoxy) is 2. The summed E-state index contributed by atoms with van der Waals surface area (Å²) in [5, 5.41) is 15.5. The highest BCUT2D eigenvalue weighted by molar-refractivity contribution is 6.30. The summed E-state index contributed by atoms with van der Waals surface area (Å²) in [6, 6.07) is 12.6. The highest BCUT2D eigenvalue weighted by Crippen LogP contribution is 2.32. The summed E-state index contributed by atoms with van der Waals surface area (Å²) in [6.07, 6.45) is 0. The number of tetrazole rings is 1. The van der Waals surface area contributed by atoms with Gasteiger partial charge >= 0.3 is 0 Å². The number of benzene rings is 2. The number of aromatic nitrogens is 4. The average Bonchev–Trinajstić information content (AvgIpc) is 3.29. The van der Waals surface area contributed by atoms with E-state index >= 15 is 0 Å². The van der Waals surface area contributed by atoms with E-state index in [1.54, 1.807) is 24.3 Å². The van der Waals surface area contributed by atoms with Gasteiger partial charge in [0.15, 0.2) is 11.5 Å². The minimum Gasteiger partial charge on any atom is -0.454 e. The van der Waals surface area contributed by atoms with Crippen molar-refractivity contribution >= 4 is 17.5 Å². The molecule has 1 aromatic heterocycles. The molecule has 132 valence electrons. The number of halogens is 1. The first-order chi connectivity index (χ1) is 12.7. The molecular formula is C17H14ClN5O3. The van der Waals surface area contributed by atoms with Crippen LogP contribution < -0.4 is 14.8 Å². The predicted octanol–water partition coefficient (Wildman–Crippen LogP) is 2.04. The Labute approximate surface area is 153 Å². The molecule has 1 aliphatic rings. The van der Waals surface area contributed by atoms with Crippen molar-refractivity contribution in [2.75, 3.05) is 6.79 Å². The van der Waals surface area contributed by atoms with Crippen LogP contribution in [0.3, 0.4) is 0 Å². The lowest BCUT2D eigenvalue weighted by molar-refractivity contribution is -0.122. The van der Waals surface area contributed by atoms with Gasteiger partial charge in [-0.15, -0.1) is 10.2 Å². The number of nitrogens with zero attached hydrogens (tertiary/aromatic N) is 4. The van der Waals surface area contributed by atoms with Crippen LogP contribution in [0, 0.1) is 0 Å². The Morgan fingerprint density at radius 1 is 1.15 bits per heavy atom. The SMILES string of the molecule is O=C(Cn1nnc(-c2ccc(Cl)cc2)n1)NCc1ccc2c(c1)OCO2. The molecule has 0 fully saturated rings. The zero-order valence-corrected chi connectivity index (χ0v) is 14.3. The molecule has 3 aromatic rings.